The molecule has 4 fully saturated rings. The van der Waals surface area contributed by atoms with Crippen molar-refractivity contribution in [1.29, 1.82) is 0 Å². The molecule has 24 nitrogen and oxygen atoms in total. The van der Waals surface area contributed by atoms with Crippen molar-refractivity contribution in [1.82, 2.24) is 44.1 Å². The van der Waals surface area contributed by atoms with Crippen LogP contribution in [0, 0.1) is 30.1 Å². The molecular weight excluding hydrogens is 1430 g/mol. The Balaban J connectivity index is 0.000000162. The first-order valence-electron chi connectivity index (χ1n) is 37.4. The number of anilines is 6. The number of sulfonamides is 3. The smallest absolute Gasteiger partial charge is 0.281 e. The minimum absolute atomic E-state index is 0.0355. The summed E-state index contributed by atoms with van der Waals surface area (Å²) in [5.74, 6) is 1.91. The van der Waals surface area contributed by atoms with Gasteiger partial charge in [-0.1, -0.05) is 89.6 Å². The van der Waals surface area contributed by atoms with Crippen molar-refractivity contribution in [2.45, 2.75) is 198 Å². The van der Waals surface area contributed by atoms with E-state index in [9.17, 15) is 39.6 Å². The second-order valence-electron chi connectivity index (χ2n) is 31.3. The van der Waals surface area contributed by atoms with Crippen LogP contribution in [-0.2, 0) is 42.9 Å². The first-order chi connectivity index (χ1) is 51.1. The molecule has 0 bridgehead atoms. The van der Waals surface area contributed by atoms with Crippen molar-refractivity contribution in [2.75, 3.05) is 51.9 Å². The topological polar surface area (TPSA) is 324 Å². The Bertz CT molecular complexity index is 4990. The van der Waals surface area contributed by atoms with Crippen LogP contribution in [0.3, 0.4) is 0 Å². The number of aromatic nitrogens is 6. The average molecular weight is 1530 g/mol. The van der Waals surface area contributed by atoms with Gasteiger partial charge in [-0.3, -0.25) is 14.4 Å². The fraction of sp³-hybridized carbons (Fsp3) is 0.444. The van der Waals surface area contributed by atoms with E-state index < -0.39 is 47.8 Å². The van der Waals surface area contributed by atoms with Gasteiger partial charge in [0.25, 0.3) is 47.8 Å². The molecule has 4 atom stereocenters. The van der Waals surface area contributed by atoms with Crippen LogP contribution in [0.1, 0.15) is 200 Å². The first-order valence-corrected chi connectivity index (χ1v) is 41.9. The maximum absolute atomic E-state index is 13.5. The van der Waals surface area contributed by atoms with Gasteiger partial charge < -0.3 is 30.5 Å². The lowest BCUT2D eigenvalue weighted by Crippen LogP contribution is -2.41. The summed E-state index contributed by atoms with van der Waals surface area (Å²) in [5.41, 5.74) is 12.8. The minimum Gasteiger partial charge on any atom is -0.474 e. The van der Waals surface area contributed by atoms with Gasteiger partial charge in [-0.05, 0) is 249 Å². The minimum atomic E-state index is -4.25. The zero-order chi connectivity index (χ0) is 77.7. The van der Waals surface area contributed by atoms with E-state index in [4.69, 9.17) is 20.4 Å². The molecule has 2 aromatic carbocycles. The van der Waals surface area contributed by atoms with E-state index in [-0.39, 0.29) is 66.4 Å². The fourth-order valence-electron chi connectivity index (χ4n) is 16.3. The first kappa shape index (κ1) is 79.4. The highest BCUT2D eigenvalue weighted by atomic mass is 32.2. The lowest BCUT2D eigenvalue weighted by atomic mass is 9.76. The molecular formula is C81H102N14O10S3. The molecule has 108 heavy (non-hydrogen) atoms. The lowest BCUT2D eigenvalue weighted by Gasteiger charge is -2.34. The van der Waals surface area contributed by atoms with Crippen LogP contribution in [0.5, 0.6) is 5.88 Å². The monoisotopic (exact) mass is 1530 g/mol. The van der Waals surface area contributed by atoms with Gasteiger partial charge in [-0.25, -0.2) is 39.1 Å². The molecule has 3 amide bonds. The number of nitrogens with one attached hydrogen (secondary N) is 4. The number of hydrogen-bond donors (Lipinski definition) is 5. The number of nitrogens with two attached hydrogens (primary N) is 1. The summed E-state index contributed by atoms with van der Waals surface area (Å²) in [4.78, 5) is 72.7. The van der Waals surface area contributed by atoms with Crippen LogP contribution in [-0.4, -0.2) is 116 Å². The van der Waals surface area contributed by atoms with Crippen molar-refractivity contribution in [3.63, 3.8) is 0 Å². The number of aryl methyl sites for hydroxylation is 3. The van der Waals surface area contributed by atoms with E-state index >= 15 is 0 Å². The molecule has 2 saturated heterocycles. The summed E-state index contributed by atoms with van der Waals surface area (Å²) >= 11 is 0. The summed E-state index contributed by atoms with van der Waals surface area (Å²) in [6.07, 6.45) is 14.1. The Kier molecular flexibility index (Phi) is 24.0. The van der Waals surface area contributed by atoms with Gasteiger partial charge in [-0.15, -0.1) is 0 Å². The Morgan fingerprint density at radius 2 is 1.11 bits per heavy atom. The SMILES string of the molecule is CC1CC(c2ccccc2C(=O)NS(=O)(=O)c2cccc(Nc3ccc4c(c3)CCC4)n2)C(C)(C)C1.CC1CN(c2ncccc2C(=O)NS(=O)(=O)c2cccc(OC3CCCCC3)n2)C(C)(C)C1.CCN(CC)c1nc(-c2ccc(C(=O)NS(=O)(=O)c3cccc(N)n3)c(N3CC(C)CC3(C)C)n2)ccc1C. The Morgan fingerprint density at radius 1 is 0.556 bits per heavy atom. The molecule has 6 aromatic heterocycles. The number of carbonyl (C=O) groups is 3. The van der Waals surface area contributed by atoms with Crippen LogP contribution in [0.25, 0.3) is 11.4 Å². The number of nitrogen functional groups attached to an aromatic ring is 1. The number of pyridine rings is 6. The van der Waals surface area contributed by atoms with Crippen molar-refractivity contribution in [2.24, 2.45) is 23.2 Å². The molecule has 8 aromatic rings. The van der Waals surface area contributed by atoms with Crippen LogP contribution in [0.4, 0.5) is 34.8 Å². The van der Waals surface area contributed by atoms with Crippen molar-refractivity contribution in [3.8, 4) is 17.3 Å². The maximum atomic E-state index is 13.5. The average Bonchev–Trinajstić information content (AvgIpc) is 1.59. The molecule has 8 heterocycles. The molecule has 6 N–H and O–H groups in total. The van der Waals surface area contributed by atoms with Gasteiger partial charge in [-0.2, -0.15) is 30.2 Å². The van der Waals surface area contributed by atoms with Gasteiger partial charge >= 0.3 is 0 Å². The zero-order valence-corrected chi connectivity index (χ0v) is 66.3. The third kappa shape index (κ3) is 18.6. The number of carbonyl (C=O) groups excluding carboxylic acids is 3. The highest BCUT2D eigenvalue weighted by Gasteiger charge is 2.43. The summed E-state index contributed by atoms with van der Waals surface area (Å²) in [7, 11) is -12.6. The van der Waals surface area contributed by atoms with Gasteiger partial charge in [0.15, 0.2) is 15.1 Å². The van der Waals surface area contributed by atoms with E-state index in [1.54, 1.807) is 66.9 Å². The zero-order valence-electron chi connectivity index (χ0n) is 63.9. The van der Waals surface area contributed by atoms with E-state index in [0.29, 0.717) is 58.7 Å². The summed E-state index contributed by atoms with van der Waals surface area (Å²) in [6.45, 7) is 28.7. The number of ether oxygens (including phenoxy) is 1. The van der Waals surface area contributed by atoms with E-state index in [2.05, 4.69) is 142 Å². The number of amides is 3. The summed E-state index contributed by atoms with van der Waals surface area (Å²) < 4.78 is 90.7. The number of hydrogen-bond acceptors (Lipinski definition) is 21. The largest absolute Gasteiger partial charge is 0.474 e. The summed E-state index contributed by atoms with van der Waals surface area (Å²) in [6, 6.07) is 37.6. The van der Waals surface area contributed by atoms with Gasteiger partial charge in [0.05, 0.1) is 22.5 Å². The van der Waals surface area contributed by atoms with Crippen LogP contribution >= 0.6 is 0 Å². The highest BCUT2D eigenvalue weighted by Crippen LogP contribution is 2.52. The van der Waals surface area contributed by atoms with E-state index in [1.165, 1.54) is 47.9 Å². The quantitative estimate of drug-likeness (QED) is 0.0473. The predicted octanol–water partition coefficient (Wildman–Crippen LogP) is 13.9. The highest BCUT2D eigenvalue weighted by molar-refractivity contribution is 7.90. The Morgan fingerprint density at radius 3 is 1.72 bits per heavy atom. The normalized spacial score (nSPS) is 19.4. The molecule has 5 aliphatic rings. The Hall–Kier alpha value is -9.60. The molecule has 13 rings (SSSR count). The number of rotatable bonds is 20. The van der Waals surface area contributed by atoms with Gasteiger partial charge in [0.2, 0.25) is 5.88 Å². The van der Waals surface area contributed by atoms with Crippen LogP contribution < -0.4 is 44.7 Å². The van der Waals surface area contributed by atoms with Gasteiger partial charge in [0, 0.05) is 60.8 Å². The second-order valence-corrected chi connectivity index (χ2v) is 36.2. The predicted molar refractivity (Wildman–Crippen MR) is 422 cm³/mol. The van der Waals surface area contributed by atoms with Crippen LogP contribution in [0.2, 0.25) is 0 Å². The van der Waals surface area contributed by atoms with Gasteiger partial charge in [0.1, 0.15) is 35.2 Å². The molecule has 2 aliphatic heterocycles. The molecule has 0 radical (unpaired) electrons. The van der Waals surface area contributed by atoms with Crippen molar-refractivity contribution >= 4 is 82.6 Å². The number of nitrogens with zero attached hydrogens (tertiary/aromatic N) is 9. The lowest BCUT2D eigenvalue weighted by molar-refractivity contribution is 0.0970. The number of benzene rings is 2. The summed E-state index contributed by atoms with van der Waals surface area (Å²) in [5, 5.41) is 2.43. The van der Waals surface area contributed by atoms with Crippen molar-refractivity contribution in [3.05, 3.63) is 179 Å². The van der Waals surface area contributed by atoms with E-state index in [0.717, 1.165) is 113 Å². The molecule has 3 aliphatic carbocycles. The number of fused-ring (bicyclic) bond motifs is 1. The second kappa shape index (κ2) is 32.7. The Labute approximate surface area is 636 Å². The third-order valence-electron chi connectivity index (χ3n) is 21.1. The third-order valence-corrected chi connectivity index (χ3v) is 24.8. The van der Waals surface area contributed by atoms with Crippen LogP contribution in [0.15, 0.2) is 155 Å². The van der Waals surface area contributed by atoms with Crippen molar-refractivity contribution < 1.29 is 44.4 Å². The molecule has 27 heteroatoms. The standard InChI is InChI=1S/C29H33N3O3S.C28H37N7O3S.C24H32N4O4S/c1-19-16-25(29(2,3)18-19)23-10-4-5-11-24(23)28(33)32-36(34,35)27-13-7-12-26(31-27)30-22-15-14-20-8-6-9-21(20)17-22;1-7-34(8-2)25-19(4)12-14-21(30-25)22-15-13-20(26(31-22)35-17-18(3)16-28(35,5)6)27(36)33-39(37,38)24-11-9-10-23(29)32-24;1-17-15-24(2,3)28(16-17)22-19(11-8-14-25-22)23(29)27-33(30,31)21-13-7-12-20(26-21)32-18-9-5-4-6-10-18/h4-5,7,10-15,17,19,25H,6,8-9,16,18H2,1-3H3,(H,30,31)(H,32,33);9-15,18H,7-8,16-17H2,1-6H3,(H2,29,32)(H,33,36);7-8,11-14,17-18H,4-6,9-10,15-16H2,1-3H3,(H,27,29). The molecule has 574 valence electrons. The maximum Gasteiger partial charge on any atom is 0.281 e. The molecule has 2 saturated carbocycles. The molecule has 0 spiro atoms. The van der Waals surface area contributed by atoms with E-state index in [1.807, 2.05) is 37.3 Å². The molecule has 4 unspecified atom stereocenters. The fourth-order valence-corrected chi connectivity index (χ4v) is 19.1.